The van der Waals surface area contributed by atoms with Crippen LogP contribution in [0.5, 0.6) is 0 Å². The zero-order chi connectivity index (χ0) is 41.7. The predicted octanol–water partition coefficient (Wildman–Crippen LogP) is 12.2. The van der Waals surface area contributed by atoms with Crippen molar-refractivity contribution in [1.29, 1.82) is 5.26 Å². The number of hydrogen-bond acceptors (Lipinski definition) is 7. The lowest BCUT2D eigenvalue weighted by Gasteiger charge is -2.27. The van der Waals surface area contributed by atoms with Crippen molar-refractivity contribution in [2.75, 3.05) is 0 Å². The molecule has 1 atom stereocenters. The number of hydrogen-bond donors (Lipinski definition) is 1. The Hall–Kier alpha value is -8.60. The van der Waals surface area contributed by atoms with Crippen LogP contribution in [0.25, 0.3) is 67.5 Å². The molecule has 7 nitrogen and oxygen atoms in total. The van der Waals surface area contributed by atoms with Gasteiger partial charge in [-0.15, -0.1) is 0 Å². The summed E-state index contributed by atoms with van der Waals surface area (Å²) >= 11 is 0. The molecule has 8 aromatic carbocycles. The number of rotatable bonds is 9. The maximum atomic E-state index is 9.75. The first-order valence-electron chi connectivity index (χ1n) is 20.4. The number of nitrogens with zero attached hydrogens (tertiary/aromatic N) is 6. The summed E-state index contributed by atoms with van der Waals surface area (Å²) in [6.07, 6.45) is -0.512. The smallest absolute Gasteiger partial charge is 0.164 e. The van der Waals surface area contributed by atoms with E-state index >= 15 is 0 Å². The van der Waals surface area contributed by atoms with Crippen molar-refractivity contribution >= 4 is 11.7 Å². The summed E-state index contributed by atoms with van der Waals surface area (Å²) in [7, 11) is 0. The van der Waals surface area contributed by atoms with E-state index in [2.05, 4.69) is 84.2 Å². The summed E-state index contributed by atoms with van der Waals surface area (Å²) in [6.45, 7) is 0. The fraction of sp³-hybridized carbons (Fsp3) is 0.0182. The van der Waals surface area contributed by atoms with Crippen molar-refractivity contribution in [3.05, 3.63) is 235 Å². The van der Waals surface area contributed by atoms with E-state index in [1.165, 1.54) is 0 Å². The Morgan fingerprint density at radius 2 is 0.839 bits per heavy atom. The van der Waals surface area contributed by atoms with E-state index in [1.54, 1.807) is 0 Å². The summed E-state index contributed by atoms with van der Waals surface area (Å²) in [5.74, 6) is 3.12. The highest BCUT2D eigenvalue weighted by molar-refractivity contribution is 6.15. The molecule has 0 amide bonds. The van der Waals surface area contributed by atoms with Crippen LogP contribution in [0.2, 0.25) is 0 Å². The predicted molar refractivity (Wildman–Crippen MR) is 249 cm³/mol. The molecule has 9 aromatic rings. The van der Waals surface area contributed by atoms with Gasteiger partial charge in [-0.05, 0) is 51.6 Å². The number of amidine groups is 2. The van der Waals surface area contributed by atoms with Crippen molar-refractivity contribution < 1.29 is 0 Å². The molecular formula is C55H37N7. The van der Waals surface area contributed by atoms with Crippen molar-refractivity contribution in [1.82, 2.24) is 20.3 Å². The summed E-state index contributed by atoms with van der Waals surface area (Å²) in [5, 5.41) is 13.5. The summed E-state index contributed by atoms with van der Waals surface area (Å²) in [5.41, 5.74) is 12.1. The van der Waals surface area contributed by atoms with Gasteiger partial charge in [0, 0.05) is 33.4 Å². The highest BCUT2D eigenvalue weighted by atomic mass is 15.2. The number of benzene rings is 8. The molecule has 0 bridgehead atoms. The number of nitriles is 1. The Labute approximate surface area is 360 Å². The van der Waals surface area contributed by atoms with Gasteiger partial charge in [-0.3, -0.25) is 0 Å². The molecule has 1 aliphatic heterocycles. The molecule has 0 radical (unpaired) electrons. The van der Waals surface area contributed by atoms with Crippen LogP contribution in [0.1, 0.15) is 28.4 Å². The third kappa shape index (κ3) is 7.68. The van der Waals surface area contributed by atoms with Gasteiger partial charge in [0.25, 0.3) is 0 Å². The average molecular weight is 796 g/mol. The van der Waals surface area contributed by atoms with Crippen molar-refractivity contribution in [2.45, 2.75) is 6.17 Å². The molecule has 1 aliphatic rings. The van der Waals surface area contributed by atoms with E-state index in [1.807, 2.05) is 140 Å². The fourth-order valence-electron chi connectivity index (χ4n) is 7.82. The first kappa shape index (κ1) is 37.7. The van der Waals surface area contributed by atoms with Gasteiger partial charge in [-0.1, -0.05) is 194 Å². The zero-order valence-corrected chi connectivity index (χ0v) is 33.5. The van der Waals surface area contributed by atoms with E-state index in [4.69, 9.17) is 24.9 Å². The molecule has 10 rings (SSSR count). The van der Waals surface area contributed by atoms with Crippen LogP contribution in [-0.4, -0.2) is 26.6 Å². The van der Waals surface area contributed by atoms with Crippen LogP contribution >= 0.6 is 0 Å². The minimum absolute atomic E-state index is 0.512. The molecule has 2 heterocycles. The Balaban J connectivity index is 1.13. The van der Waals surface area contributed by atoms with Gasteiger partial charge in [0.05, 0.1) is 11.6 Å². The SMILES string of the molecule is N#Cc1ccc(-c2cc(-c3ccccc3-c3nc(-c4ccccc4)nc(-c4ccccc4)n3)ccc2C2N=C(c3ccccc3)N=C(c3ccccc3-c3ccccc3)N2)cc1. The van der Waals surface area contributed by atoms with Gasteiger partial charge in [-0.2, -0.15) is 5.26 Å². The Morgan fingerprint density at radius 1 is 0.387 bits per heavy atom. The third-order valence-electron chi connectivity index (χ3n) is 10.9. The summed E-state index contributed by atoms with van der Waals surface area (Å²) < 4.78 is 0. The van der Waals surface area contributed by atoms with Crippen LogP contribution in [0, 0.1) is 11.3 Å². The normalized spacial score (nSPS) is 13.3. The maximum absolute atomic E-state index is 9.75. The van der Waals surface area contributed by atoms with Crippen LogP contribution in [0.3, 0.4) is 0 Å². The molecule has 7 heteroatoms. The lowest BCUT2D eigenvalue weighted by atomic mass is 9.90. The quantitative estimate of drug-likeness (QED) is 0.157. The van der Waals surface area contributed by atoms with Crippen molar-refractivity contribution in [2.24, 2.45) is 9.98 Å². The highest BCUT2D eigenvalue weighted by Crippen LogP contribution is 2.39. The maximum Gasteiger partial charge on any atom is 0.164 e. The number of aliphatic imine (C=N–C) groups is 2. The fourth-order valence-corrected chi connectivity index (χ4v) is 7.82. The number of aromatic nitrogens is 3. The van der Waals surface area contributed by atoms with E-state index < -0.39 is 6.17 Å². The number of nitrogens with one attached hydrogen (secondary N) is 1. The molecule has 292 valence electrons. The minimum atomic E-state index is -0.512. The lowest BCUT2D eigenvalue weighted by Crippen LogP contribution is -2.34. The molecule has 1 aromatic heterocycles. The molecule has 62 heavy (non-hydrogen) atoms. The summed E-state index contributed by atoms with van der Waals surface area (Å²) in [4.78, 5) is 25.6. The van der Waals surface area contributed by atoms with Crippen molar-refractivity contribution in [3.63, 3.8) is 0 Å². The van der Waals surface area contributed by atoms with E-state index in [0.717, 1.165) is 72.6 Å². The second-order valence-corrected chi connectivity index (χ2v) is 14.8. The molecule has 0 fully saturated rings. The third-order valence-corrected chi connectivity index (χ3v) is 10.9. The second kappa shape index (κ2) is 16.9. The largest absolute Gasteiger partial charge is 0.344 e. The van der Waals surface area contributed by atoms with Crippen LogP contribution in [0.15, 0.2) is 222 Å². The van der Waals surface area contributed by atoms with Crippen molar-refractivity contribution in [3.8, 4) is 73.6 Å². The highest BCUT2D eigenvalue weighted by Gasteiger charge is 2.26. The van der Waals surface area contributed by atoms with Crippen LogP contribution in [0.4, 0.5) is 0 Å². The average Bonchev–Trinajstić information content (AvgIpc) is 3.37. The van der Waals surface area contributed by atoms with E-state index in [9.17, 15) is 5.26 Å². The summed E-state index contributed by atoms with van der Waals surface area (Å²) in [6, 6.07) is 73.5. The molecule has 0 spiro atoms. The standard InChI is InChI=1S/C55H37N7/c56-36-37-29-31-39(32-30-37)49-35-43(45-26-14-16-28-47(45)53-58-50(40-19-7-2-8-20-40)57-51(59-53)41-21-9-3-10-22-41)33-34-48(49)55-61-52(42-23-11-4-12-24-42)60-54(62-55)46-27-15-13-25-44(46)38-17-5-1-6-18-38/h1-35,55H,(H,60,61,62). The molecule has 1 unspecified atom stereocenters. The van der Waals surface area contributed by atoms with Crippen LogP contribution in [-0.2, 0) is 0 Å². The monoisotopic (exact) mass is 795 g/mol. The lowest BCUT2D eigenvalue weighted by molar-refractivity contribution is 0.676. The van der Waals surface area contributed by atoms with Gasteiger partial charge in [-0.25, -0.2) is 24.9 Å². The first-order chi connectivity index (χ1) is 30.7. The molecule has 0 aliphatic carbocycles. The van der Waals surface area contributed by atoms with Gasteiger partial charge >= 0.3 is 0 Å². The van der Waals surface area contributed by atoms with Gasteiger partial charge in [0.15, 0.2) is 23.3 Å². The van der Waals surface area contributed by atoms with Gasteiger partial charge in [0.2, 0.25) is 0 Å². The second-order valence-electron chi connectivity index (χ2n) is 14.8. The van der Waals surface area contributed by atoms with Gasteiger partial charge < -0.3 is 5.32 Å². The minimum Gasteiger partial charge on any atom is -0.344 e. The Morgan fingerprint density at radius 3 is 1.42 bits per heavy atom. The van der Waals surface area contributed by atoms with E-state index in [0.29, 0.717) is 28.9 Å². The molecule has 0 saturated heterocycles. The van der Waals surface area contributed by atoms with Gasteiger partial charge in [0.1, 0.15) is 12.0 Å². The molecular weight excluding hydrogens is 759 g/mol. The first-order valence-corrected chi connectivity index (χ1v) is 20.4. The zero-order valence-electron chi connectivity index (χ0n) is 33.5. The van der Waals surface area contributed by atoms with E-state index in [-0.39, 0.29) is 0 Å². The van der Waals surface area contributed by atoms with Crippen LogP contribution < -0.4 is 5.32 Å². The Kier molecular flexibility index (Phi) is 10.3. The molecule has 1 N–H and O–H groups in total. The Bertz CT molecular complexity index is 3080. The molecule has 0 saturated carbocycles. The topological polar surface area (TPSA) is 99.2 Å².